The van der Waals surface area contributed by atoms with E-state index in [2.05, 4.69) is 0 Å². The first-order chi connectivity index (χ1) is 0. The van der Waals surface area contributed by atoms with Gasteiger partial charge in [0.05, 0.1) is 0 Å². The van der Waals surface area contributed by atoms with E-state index in [1.807, 2.05) is 0 Å². The number of rotatable bonds is 0. The second-order valence-corrected chi connectivity index (χ2v) is 0. The Morgan fingerprint density at radius 2 is 1.00 bits per heavy atom. The first-order valence-corrected chi connectivity index (χ1v) is 0. The van der Waals surface area contributed by atoms with E-state index >= 15 is 0 Å². The Balaban J connectivity index is 0. The van der Waals surface area contributed by atoms with E-state index in [1.165, 1.54) is 0 Å². The normalized spacial score (nSPS) is 0. The Labute approximate surface area is 87.1 Å². The molecule has 0 aromatic carbocycles. The van der Waals surface area contributed by atoms with E-state index in [-0.39, 0.29) is 88.8 Å². The Morgan fingerprint density at radius 3 is 1.00 bits per heavy atom. The number of hydrogen-bond donors (Lipinski definition) is 0. The van der Waals surface area contributed by atoms with Crippen LogP contribution in [0.5, 0.6) is 0 Å². The summed E-state index contributed by atoms with van der Waals surface area (Å²) in [7, 11) is 0. The van der Waals surface area contributed by atoms with Crippen LogP contribution in [0.15, 0.2) is 0 Å². The van der Waals surface area contributed by atoms with Crippen LogP contribution in [-0.4, -0.2) is 71.8 Å². The van der Waals surface area contributed by atoms with Crippen LogP contribution in [0.3, 0.4) is 0 Å². The van der Waals surface area contributed by atoms with Crippen LogP contribution in [0.1, 0.15) is 0 Å². The topological polar surface area (TPSA) is 0 Å². The molecule has 0 atom stereocenters. The van der Waals surface area contributed by atoms with E-state index in [1.54, 1.807) is 0 Å². The van der Waals surface area contributed by atoms with Crippen LogP contribution in [0, 0.1) is 0 Å². The summed E-state index contributed by atoms with van der Waals surface area (Å²) in [5.74, 6) is 0. The van der Waals surface area contributed by atoms with Crippen molar-refractivity contribution in [2.45, 2.75) is 0 Å². The minimum atomic E-state index is 0. The maximum absolute atomic E-state index is 0. The van der Waals surface area contributed by atoms with Crippen LogP contribution in [0.4, 0.5) is 0 Å². The van der Waals surface area contributed by atoms with Crippen molar-refractivity contribution in [2.24, 2.45) is 0 Å². The van der Waals surface area contributed by atoms with E-state index < -0.39 is 0 Å². The molecule has 0 aromatic rings. The third-order valence-corrected chi connectivity index (χ3v) is 0. The van der Waals surface area contributed by atoms with Crippen molar-refractivity contribution in [1.29, 1.82) is 0 Å². The van der Waals surface area contributed by atoms with Crippen molar-refractivity contribution in [2.75, 3.05) is 0 Å². The third-order valence-electron chi connectivity index (χ3n) is 0. The molecule has 0 bridgehead atoms. The molecule has 0 N–H and O–H groups in total. The summed E-state index contributed by atoms with van der Waals surface area (Å²) < 4.78 is 0. The van der Waals surface area contributed by atoms with Crippen LogP contribution in [0.25, 0.3) is 0 Å². The molecule has 23 valence electrons. The Kier molecular flexibility index (Phi) is 126. The average Bonchev–Trinajstić information content (AvgIpc) is 0. The zero-order valence-electron chi connectivity index (χ0n) is 0.378. The molecule has 0 heterocycles. The van der Waals surface area contributed by atoms with Gasteiger partial charge in [-0.2, -0.15) is 0 Å². The summed E-state index contributed by atoms with van der Waals surface area (Å²) in [6.45, 7) is 0. The standard InChI is InChI=1S/Ca.Mg.Mn.H4Si.4H/h;;;1H4;;;;. The zero-order valence-corrected chi connectivity index (χ0v) is 1.56. The second kappa shape index (κ2) is 17.1. The van der Waals surface area contributed by atoms with Crippen molar-refractivity contribution in [1.82, 2.24) is 0 Å². The molecule has 0 rings (SSSR count). The van der Waals surface area contributed by atoms with Crippen molar-refractivity contribution in [3.8, 4) is 0 Å². The van der Waals surface area contributed by atoms with Gasteiger partial charge in [0, 0.05) is 17.1 Å². The summed E-state index contributed by atoms with van der Waals surface area (Å²) in [6, 6.07) is 0. The summed E-state index contributed by atoms with van der Waals surface area (Å²) in [6.07, 6.45) is 0. The fourth-order valence-electron chi connectivity index (χ4n) is 0. The predicted octanol–water partition coefficient (Wildman–Crippen LogP) is -3.29. The quantitative estimate of drug-likeness (QED) is 0.322. The van der Waals surface area contributed by atoms with E-state index in [9.17, 15) is 0 Å². The minimum absolute atomic E-state index is 0. The van der Waals surface area contributed by atoms with Gasteiger partial charge in [0.2, 0.25) is 0 Å². The van der Waals surface area contributed by atoms with Crippen LogP contribution < -0.4 is 0 Å². The van der Waals surface area contributed by atoms with Crippen LogP contribution >= 0.6 is 0 Å². The van der Waals surface area contributed by atoms with Gasteiger partial charge in [-0.15, -0.1) is 0 Å². The molecule has 0 aliphatic rings. The molecule has 0 saturated carbocycles. The summed E-state index contributed by atoms with van der Waals surface area (Å²) in [5.41, 5.74) is 0. The van der Waals surface area contributed by atoms with Gasteiger partial charge in [-0.05, 0) is 11.0 Å². The molecule has 0 nitrogen and oxygen atoms in total. The van der Waals surface area contributed by atoms with E-state index in [0.717, 1.165) is 0 Å². The molecule has 4 heavy (non-hydrogen) atoms. The van der Waals surface area contributed by atoms with Crippen molar-refractivity contribution < 1.29 is 17.1 Å². The van der Waals surface area contributed by atoms with E-state index in [0.29, 0.717) is 0 Å². The molecule has 0 amide bonds. The third kappa shape index (κ3) is 8.83. The molecular formula is H8CaMgMnSi. The van der Waals surface area contributed by atoms with Gasteiger partial charge >= 0.3 is 60.8 Å². The molecule has 1 radical (unpaired) electrons. The van der Waals surface area contributed by atoms with Gasteiger partial charge in [-0.25, -0.2) is 0 Å². The average molecular weight is 155 g/mol. The summed E-state index contributed by atoms with van der Waals surface area (Å²) in [4.78, 5) is 0. The van der Waals surface area contributed by atoms with E-state index in [4.69, 9.17) is 0 Å². The SMILES string of the molecule is [CaH2].[MgH2].[Mn].[SiH4]. The molecule has 0 spiro atoms. The molecule has 0 fully saturated rings. The summed E-state index contributed by atoms with van der Waals surface area (Å²) >= 11 is 0. The minimum Gasteiger partial charge on any atom is -0.0149 e. The maximum atomic E-state index is 0. The van der Waals surface area contributed by atoms with Crippen LogP contribution in [0.2, 0.25) is 0 Å². The van der Waals surface area contributed by atoms with Gasteiger partial charge in [0.15, 0.2) is 0 Å². The summed E-state index contributed by atoms with van der Waals surface area (Å²) in [5, 5.41) is 0. The fraction of sp³-hybridized carbons (Fsp3) is 0. The Hall–Kier alpha value is 2.76. The van der Waals surface area contributed by atoms with Crippen molar-refractivity contribution in [3.05, 3.63) is 0 Å². The molecule has 4 heteroatoms. The molecule has 0 aromatic heterocycles. The smallest absolute Gasteiger partial charge is 0.0149 e. The van der Waals surface area contributed by atoms with Crippen LogP contribution in [-0.2, 0) is 17.1 Å². The Bertz CT molecular complexity index is 8.00. The van der Waals surface area contributed by atoms with Gasteiger partial charge < -0.3 is 0 Å². The first-order valence-electron chi connectivity index (χ1n) is 0. The second-order valence-electron chi connectivity index (χ2n) is 0. The predicted molar refractivity (Wildman–Crippen MR) is 28.4 cm³/mol. The van der Waals surface area contributed by atoms with Gasteiger partial charge in [-0.3, -0.25) is 0 Å². The molecule has 0 unspecified atom stereocenters. The molecule has 0 aliphatic heterocycles. The number of hydrogen-bond acceptors (Lipinski definition) is 0. The Morgan fingerprint density at radius 1 is 1.00 bits per heavy atom. The maximum Gasteiger partial charge on any atom is 0.316 e. The monoisotopic (exact) mass is 155 g/mol. The zero-order chi connectivity index (χ0) is 0. The van der Waals surface area contributed by atoms with Crippen molar-refractivity contribution in [3.63, 3.8) is 0 Å². The van der Waals surface area contributed by atoms with Gasteiger partial charge in [0.1, 0.15) is 0 Å². The molecule has 0 saturated heterocycles. The molecular weight excluding hydrogens is 147 g/mol. The molecule has 0 aliphatic carbocycles. The van der Waals surface area contributed by atoms with Crippen molar-refractivity contribution >= 4 is 71.8 Å². The van der Waals surface area contributed by atoms with Gasteiger partial charge in [-0.1, -0.05) is 0 Å². The first kappa shape index (κ1) is 29.4. The fourth-order valence-corrected chi connectivity index (χ4v) is 0. The largest absolute Gasteiger partial charge is 0.316 e. The van der Waals surface area contributed by atoms with Gasteiger partial charge in [0.25, 0.3) is 0 Å².